The Balaban J connectivity index is 1.72. The van der Waals surface area contributed by atoms with E-state index < -0.39 is 0 Å². The third-order valence-electron chi connectivity index (χ3n) is 3.39. The predicted octanol–water partition coefficient (Wildman–Crippen LogP) is 4.27. The molecule has 1 aromatic heterocycles. The van der Waals surface area contributed by atoms with Gasteiger partial charge in [-0.25, -0.2) is 4.98 Å². The third kappa shape index (κ3) is 5.98. The summed E-state index contributed by atoms with van der Waals surface area (Å²) in [5.74, 6) is 0.560. The SMILES string of the molecule is COc1ccc(Cl)cc1/C=C/C(=O)NCCCCc1nc(C)cs1. The Morgan fingerprint density at radius 1 is 1.42 bits per heavy atom. The van der Waals surface area contributed by atoms with Crippen molar-refractivity contribution in [2.75, 3.05) is 13.7 Å². The van der Waals surface area contributed by atoms with E-state index in [0.29, 0.717) is 17.3 Å². The van der Waals surface area contributed by atoms with Crippen molar-refractivity contribution >= 4 is 34.9 Å². The fourth-order valence-electron chi connectivity index (χ4n) is 2.19. The number of hydrogen-bond acceptors (Lipinski definition) is 4. The summed E-state index contributed by atoms with van der Waals surface area (Å²) >= 11 is 7.66. The first-order valence-electron chi connectivity index (χ1n) is 7.79. The van der Waals surface area contributed by atoms with E-state index in [9.17, 15) is 4.79 Å². The number of aromatic nitrogens is 1. The van der Waals surface area contributed by atoms with Crippen molar-refractivity contribution in [2.45, 2.75) is 26.2 Å². The van der Waals surface area contributed by atoms with Gasteiger partial charge in [0.05, 0.1) is 12.1 Å². The summed E-state index contributed by atoms with van der Waals surface area (Å²) in [6.45, 7) is 2.65. The van der Waals surface area contributed by atoms with Crippen LogP contribution in [0.15, 0.2) is 29.7 Å². The van der Waals surface area contributed by atoms with Gasteiger partial charge in [0.25, 0.3) is 0 Å². The van der Waals surface area contributed by atoms with Crippen LogP contribution in [-0.2, 0) is 11.2 Å². The van der Waals surface area contributed by atoms with Crippen LogP contribution in [0.5, 0.6) is 5.75 Å². The molecule has 0 spiro atoms. The maximum atomic E-state index is 11.9. The van der Waals surface area contributed by atoms with Crippen LogP contribution in [0.2, 0.25) is 5.02 Å². The summed E-state index contributed by atoms with van der Waals surface area (Å²) in [6.07, 6.45) is 6.11. The molecular formula is C18H21ClN2O2S. The maximum absolute atomic E-state index is 11.9. The predicted molar refractivity (Wildman–Crippen MR) is 99.8 cm³/mol. The molecule has 0 bridgehead atoms. The molecule has 1 aromatic carbocycles. The molecule has 0 radical (unpaired) electrons. The third-order valence-corrected chi connectivity index (χ3v) is 4.65. The number of halogens is 1. The standard InChI is InChI=1S/C18H21ClN2O2S/c1-13-12-24-18(21-13)5-3-4-10-20-17(22)9-6-14-11-15(19)7-8-16(14)23-2/h6-9,11-12H,3-5,10H2,1-2H3,(H,20,22)/b9-6+. The number of carbonyl (C=O) groups is 1. The van der Waals surface area contributed by atoms with Gasteiger partial charge in [-0.1, -0.05) is 11.6 Å². The Bertz CT molecular complexity index is 713. The molecule has 0 saturated heterocycles. The van der Waals surface area contributed by atoms with Crippen LogP contribution in [0.1, 0.15) is 29.1 Å². The van der Waals surface area contributed by atoms with Gasteiger partial charge in [-0.2, -0.15) is 0 Å². The number of thiazole rings is 1. The average molecular weight is 365 g/mol. The molecule has 1 amide bonds. The number of aryl methyl sites for hydroxylation is 2. The first-order valence-corrected chi connectivity index (χ1v) is 9.04. The quantitative estimate of drug-likeness (QED) is 0.562. The molecule has 4 nitrogen and oxygen atoms in total. The van der Waals surface area contributed by atoms with Crippen LogP contribution in [0.4, 0.5) is 0 Å². The molecule has 128 valence electrons. The zero-order valence-electron chi connectivity index (χ0n) is 13.8. The first-order chi connectivity index (χ1) is 11.6. The smallest absolute Gasteiger partial charge is 0.244 e. The second-order valence-corrected chi connectivity index (χ2v) is 6.73. The topological polar surface area (TPSA) is 51.2 Å². The molecular weight excluding hydrogens is 344 g/mol. The fraction of sp³-hybridized carbons (Fsp3) is 0.333. The molecule has 2 aromatic rings. The van der Waals surface area contributed by atoms with E-state index in [1.54, 1.807) is 42.7 Å². The molecule has 0 aliphatic heterocycles. The number of benzene rings is 1. The highest BCUT2D eigenvalue weighted by Gasteiger charge is 2.02. The van der Waals surface area contributed by atoms with Crippen LogP contribution >= 0.6 is 22.9 Å². The van der Waals surface area contributed by atoms with Crippen LogP contribution < -0.4 is 10.1 Å². The highest BCUT2D eigenvalue weighted by atomic mass is 35.5. The second-order valence-electron chi connectivity index (χ2n) is 5.35. The number of nitrogens with one attached hydrogen (secondary N) is 1. The zero-order valence-corrected chi connectivity index (χ0v) is 15.4. The van der Waals surface area contributed by atoms with Crippen LogP contribution in [0.25, 0.3) is 6.08 Å². The van der Waals surface area contributed by atoms with E-state index in [0.717, 1.165) is 35.5 Å². The van der Waals surface area contributed by atoms with Crippen molar-refractivity contribution < 1.29 is 9.53 Å². The Labute approximate surface area is 151 Å². The Morgan fingerprint density at radius 2 is 2.25 bits per heavy atom. The number of nitrogens with zero attached hydrogens (tertiary/aromatic N) is 1. The second kappa shape index (κ2) is 9.45. The van der Waals surface area contributed by atoms with E-state index in [4.69, 9.17) is 16.3 Å². The molecule has 0 aliphatic rings. The molecule has 0 fully saturated rings. The molecule has 0 saturated carbocycles. The summed E-state index contributed by atoms with van der Waals surface area (Å²) < 4.78 is 5.24. The fourth-order valence-corrected chi connectivity index (χ4v) is 3.19. The minimum atomic E-state index is -0.123. The minimum absolute atomic E-state index is 0.123. The van der Waals surface area contributed by atoms with Gasteiger partial charge < -0.3 is 10.1 Å². The lowest BCUT2D eigenvalue weighted by molar-refractivity contribution is -0.116. The number of hydrogen-bond donors (Lipinski definition) is 1. The van der Waals surface area contributed by atoms with Gasteiger partial charge in [0.15, 0.2) is 0 Å². The van der Waals surface area contributed by atoms with E-state index in [1.807, 2.05) is 6.92 Å². The van der Waals surface area contributed by atoms with Gasteiger partial charge in [-0.05, 0) is 50.5 Å². The molecule has 0 atom stereocenters. The van der Waals surface area contributed by atoms with Crippen molar-refractivity contribution in [3.8, 4) is 5.75 Å². The van der Waals surface area contributed by atoms with E-state index in [-0.39, 0.29) is 5.91 Å². The van der Waals surface area contributed by atoms with Crippen molar-refractivity contribution in [3.63, 3.8) is 0 Å². The highest BCUT2D eigenvalue weighted by molar-refractivity contribution is 7.09. The average Bonchev–Trinajstić information content (AvgIpc) is 2.98. The Morgan fingerprint density at radius 3 is 2.96 bits per heavy atom. The molecule has 0 aliphatic carbocycles. The number of unbranched alkanes of at least 4 members (excludes halogenated alkanes) is 1. The molecule has 0 unspecified atom stereocenters. The van der Waals surface area contributed by atoms with Crippen molar-refractivity contribution in [2.24, 2.45) is 0 Å². The van der Waals surface area contributed by atoms with Crippen LogP contribution in [0.3, 0.4) is 0 Å². The Hall–Kier alpha value is -1.85. The number of amides is 1. The van der Waals surface area contributed by atoms with Crippen molar-refractivity contribution in [3.05, 3.63) is 50.9 Å². The summed E-state index contributed by atoms with van der Waals surface area (Å²) in [7, 11) is 1.59. The molecule has 6 heteroatoms. The summed E-state index contributed by atoms with van der Waals surface area (Å²) in [6, 6.07) is 5.29. The van der Waals surface area contributed by atoms with Gasteiger partial charge in [0.1, 0.15) is 5.75 Å². The first kappa shape index (κ1) is 18.5. The van der Waals surface area contributed by atoms with E-state index in [2.05, 4.69) is 15.7 Å². The van der Waals surface area contributed by atoms with Crippen molar-refractivity contribution in [1.82, 2.24) is 10.3 Å². The minimum Gasteiger partial charge on any atom is -0.496 e. The summed E-state index contributed by atoms with van der Waals surface area (Å²) in [5.41, 5.74) is 1.85. The van der Waals surface area contributed by atoms with Crippen molar-refractivity contribution in [1.29, 1.82) is 0 Å². The lowest BCUT2D eigenvalue weighted by Crippen LogP contribution is -2.22. The molecule has 24 heavy (non-hydrogen) atoms. The number of ether oxygens (including phenoxy) is 1. The molecule has 1 heterocycles. The van der Waals surface area contributed by atoms with E-state index >= 15 is 0 Å². The van der Waals surface area contributed by atoms with Gasteiger partial charge in [0, 0.05) is 34.3 Å². The molecule has 1 N–H and O–H groups in total. The number of carbonyl (C=O) groups excluding carboxylic acids is 1. The summed E-state index contributed by atoms with van der Waals surface area (Å²) in [5, 5.41) is 6.71. The number of methoxy groups -OCH3 is 1. The lowest BCUT2D eigenvalue weighted by Gasteiger charge is -2.05. The van der Waals surface area contributed by atoms with Gasteiger partial charge in [-0.15, -0.1) is 11.3 Å². The van der Waals surface area contributed by atoms with Gasteiger partial charge >= 0.3 is 0 Å². The normalized spacial score (nSPS) is 11.0. The zero-order chi connectivity index (χ0) is 17.4. The number of rotatable bonds is 8. The largest absolute Gasteiger partial charge is 0.496 e. The van der Waals surface area contributed by atoms with Crippen LogP contribution in [0, 0.1) is 6.92 Å². The highest BCUT2D eigenvalue weighted by Crippen LogP contribution is 2.23. The maximum Gasteiger partial charge on any atom is 0.244 e. The molecule has 2 rings (SSSR count). The monoisotopic (exact) mass is 364 g/mol. The lowest BCUT2D eigenvalue weighted by atomic mass is 10.2. The van der Waals surface area contributed by atoms with Gasteiger partial charge in [-0.3, -0.25) is 4.79 Å². The van der Waals surface area contributed by atoms with Gasteiger partial charge in [0.2, 0.25) is 5.91 Å². The van der Waals surface area contributed by atoms with E-state index in [1.165, 1.54) is 6.08 Å². The summed E-state index contributed by atoms with van der Waals surface area (Å²) in [4.78, 5) is 16.3. The van der Waals surface area contributed by atoms with Crippen LogP contribution in [-0.4, -0.2) is 24.5 Å². The Kier molecular flexibility index (Phi) is 7.28.